The van der Waals surface area contributed by atoms with Crippen LogP contribution >= 0.6 is 15.9 Å². The summed E-state index contributed by atoms with van der Waals surface area (Å²) in [5.74, 6) is 0. The summed E-state index contributed by atoms with van der Waals surface area (Å²) in [5, 5.41) is 10.6. The molecule has 1 unspecified atom stereocenters. The first-order valence-electron chi connectivity index (χ1n) is 5.37. The van der Waals surface area contributed by atoms with E-state index in [1.54, 1.807) is 13.2 Å². The summed E-state index contributed by atoms with van der Waals surface area (Å²) >= 11 is 3.28. The van der Waals surface area contributed by atoms with E-state index in [1.165, 1.54) is 17.5 Å². The van der Waals surface area contributed by atoms with Crippen molar-refractivity contribution in [1.29, 1.82) is 0 Å². The third-order valence-corrected chi connectivity index (χ3v) is 3.55. The number of hydrogen-bond donors (Lipinski definition) is 2. The molecule has 1 fully saturated rings. The summed E-state index contributed by atoms with van der Waals surface area (Å²) in [7, 11) is 1.63. The first-order chi connectivity index (χ1) is 7.68. The van der Waals surface area contributed by atoms with Gasteiger partial charge in [-0.25, -0.2) is 4.68 Å². The lowest BCUT2D eigenvalue weighted by Crippen LogP contribution is -2.30. The molecular weight excluding hydrogens is 272 g/mol. The van der Waals surface area contributed by atoms with Gasteiger partial charge in [0.2, 0.25) is 0 Å². The zero-order chi connectivity index (χ0) is 11.5. The van der Waals surface area contributed by atoms with Gasteiger partial charge in [0.15, 0.2) is 0 Å². The van der Waals surface area contributed by atoms with Gasteiger partial charge in [0.05, 0.1) is 11.9 Å². The normalized spacial score (nSPS) is 20.0. The maximum absolute atomic E-state index is 11.6. The molecule has 1 aromatic rings. The van der Waals surface area contributed by atoms with E-state index in [9.17, 15) is 4.79 Å². The number of nitrogens with one attached hydrogen (secondary N) is 2. The van der Waals surface area contributed by atoms with Gasteiger partial charge in [0.25, 0.3) is 5.56 Å². The highest BCUT2D eigenvalue weighted by molar-refractivity contribution is 9.10. The number of halogens is 1. The Bertz CT molecular complexity index is 425. The van der Waals surface area contributed by atoms with Crippen molar-refractivity contribution in [3.05, 3.63) is 21.0 Å². The molecule has 16 heavy (non-hydrogen) atoms. The molecule has 6 heteroatoms. The molecule has 0 radical (unpaired) electrons. The van der Waals surface area contributed by atoms with Crippen LogP contribution in [0.1, 0.15) is 12.8 Å². The molecule has 1 saturated heterocycles. The monoisotopic (exact) mass is 286 g/mol. The molecule has 1 atom stereocenters. The number of hydrogen-bond acceptors (Lipinski definition) is 4. The first kappa shape index (κ1) is 11.6. The van der Waals surface area contributed by atoms with Crippen LogP contribution in [0.3, 0.4) is 0 Å². The Balaban J connectivity index is 2.04. The molecule has 0 aromatic carbocycles. The zero-order valence-electron chi connectivity index (χ0n) is 9.16. The van der Waals surface area contributed by atoms with E-state index in [-0.39, 0.29) is 5.56 Å². The Hall–Kier alpha value is -0.880. The van der Waals surface area contributed by atoms with Crippen LogP contribution in [0.5, 0.6) is 0 Å². The van der Waals surface area contributed by atoms with E-state index in [4.69, 9.17) is 0 Å². The summed E-state index contributed by atoms with van der Waals surface area (Å²) in [6.07, 6.45) is 4.08. The minimum Gasteiger partial charge on any atom is -0.381 e. The molecule has 0 aliphatic carbocycles. The summed E-state index contributed by atoms with van der Waals surface area (Å²) in [6, 6.07) is 0.496. The van der Waals surface area contributed by atoms with Crippen molar-refractivity contribution < 1.29 is 0 Å². The lowest BCUT2D eigenvalue weighted by Gasteiger charge is -2.13. The number of aryl methyl sites for hydroxylation is 1. The average Bonchev–Trinajstić information content (AvgIpc) is 2.78. The molecule has 2 rings (SSSR count). The number of anilines is 1. The third-order valence-electron chi connectivity index (χ3n) is 2.78. The Morgan fingerprint density at radius 2 is 2.56 bits per heavy atom. The van der Waals surface area contributed by atoms with Crippen LogP contribution in [0.15, 0.2) is 15.5 Å². The van der Waals surface area contributed by atoms with E-state index < -0.39 is 0 Å². The van der Waals surface area contributed by atoms with Crippen molar-refractivity contribution in [3.63, 3.8) is 0 Å². The molecule has 5 nitrogen and oxygen atoms in total. The molecule has 1 aliphatic heterocycles. The van der Waals surface area contributed by atoms with Gasteiger partial charge in [-0.15, -0.1) is 0 Å². The van der Waals surface area contributed by atoms with Crippen LogP contribution in [0.25, 0.3) is 0 Å². The molecule has 2 heterocycles. The highest BCUT2D eigenvalue weighted by atomic mass is 79.9. The fraction of sp³-hybridized carbons (Fsp3) is 0.600. The van der Waals surface area contributed by atoms with Crippen molar-refractivity contribution in [2.45, 2.75) is 18.9 Å². The SMILES string of the molecule is Cn1ncc(NCC2CCCN2)c(Br)c1=O. The molecule has 0 bridgehead atoms. The predicted molar refractivity (Wildman–Crippen MR) is 66.7 cm³/mol. The molecule has 0 amide bonds. The Morgan fingerprint density at radius 3 is 3.25 bits per heavy atom. The van der Waals surface area contributed by atoms with Crippen LogP contribution in [-0.4, -0.2) is 28.9 Å². The molecular formula is C10H15BrN4O. The van der Waals surface area contributed by atoms with Gasteiger partial charge in [-0.1, -0.05) is 0 Å². The van der Waals surface area contributed by atoms with Crippen LogP contribution in [0.4, 0.5) is 5.69 Å². The summed E-state index contributed by atoms with van der Waals surface area (Å²) in [6.45, 7) is 1.91. The summed E-state index contributed by atoms with van der Waals surface area (Å²) < 4.78 is 1.85. The molecule has 1 aliphatic rings. The lowest BCUT2D eigenvalue weighted by atomic mass is 10.2. The molecule has 0 spiro atoms. The summed E-state index contributed by atoms with van der Waals surface area (Å²) in [4.78, 5) is 11.6. The Morgan fingerprint density at radius 1 is 1.75 bits per heavy atom. The van der Waals surface area contributed by atoms with Gasteiger partial charge in [-0.3, -0.25) is 4.79 Å². The second kappa shape index (κ2) is 4.97. The van der Waals surface area contributed by atoms with Gasteiger partial charge in [0, 0.05) is 19.6 Å². The van der Waals surface area contributed by atoms with Gasteiger partial charge in [-0.2, -0.15) is 5.10 Å². The lowest BCUT2D eigenvalue weighted by molar-refractivity contribution is 0.631. The highest BCUT2D eigenvalue weighted by Gasteiger charge is 2.14. The van der Waals surface area contributed by atoms with Gasteiger partial charge in [0.1, 0.15) is 4.47 Å². The van der Waals surface area contributed by atoms with E-state index >= 15 is 0 Å². The number of rotatable bonds is 3. The van der Waals surface area contributed by atoms with Crippen LogP contribution in [-0.2, 0) is 7.05 Å². The molecule has 88 valence electrons. The topological polar surface area (TPSA) is 59.0 Å². The fourth-order valence-electron chi connectivity index (χ4n) is 1.80. The Kier molecular flexibility index (Phi) is 3.60. The Labute approximate surface area is 102 Å². The first-order valence-corrected chi connectivity index (χ1v) is 6.17. The van der Waals surface area contributed by atoms with Crippen molar-refractivity contribution in [3.8, 4) is 0 Å². The van der Waals surface area contributed by atoms with E-state index in [1.807, 2.05) is 0 Å². The number of nitrogens with zero attached hydrogens (tertiary/aromatic N) is 2. The number of aromatic nitrogens is 2. The van der Waals surface area contributed by atoms with Crippen molar-refractivity contribution in [1.82, 2.24) is 15.1 Å². The van der Waals surface area contributed by atoms with Gasteiger partial charge < -0.3 is 10.6 Å². The van der Waals surface area contributed by atoms with Crippen molar-refractivity contribution >= 4 is 21.6 Å². The van der Waals surface area contributed by atoms with Gasteiger partial charge >= 0.3 is 0 Å². The van der Waals surface area contributed by atoms with E-state index in [0.29, 0.717) is 10.5 Å². The van der Waals surface area contributed by atoms with Crippen LogP contribution in [0.2, 0.25) is 0 Å². The maximum Gasteiger partial charge on any atom is 0.282 e. The van der Waals surface area contributed by atoms with Crippen LogP contribution < -0.4 is 16.2 Å². The highest BCUT2D eigenvalue weighted by Crippen LogP contribution is 2.16. The average molecular weight is 287 g/mol. The van der Waals surface area contributed by atoms with E-state index in [2.05, 4.69) is 31.7 Å². The summed E-state index contributed by atoms with van der Waals surface area (Å²) in [5.41, 5.74) is 0.640. The third kappa shape index (κ3) is 2.44. The minimum atomic E-state index is -0.121. The van der Waals surface area contributed by atoms with E-state index in [0.717, 1.165) is 18.8 Å². The zero-order valence-corrected chi connectivity index (χ0v) is 10.7. The quantitative estimate of drug-likeness (QED) is 0.859. The maximum atomic E-state index is 11.6. The molecule has 0 saturated carbocycles. The smallest absolute Gasteiger partial charge is 0.282 e. The predicted octanol–water partition coefficient (Wildman–Crippen LogP) is 0.707. The second-order valence-corrected chi connectivity index (χ2v) is 4.77. The molecule has 1 aromatic heterocycles. The fourth-order valence-corrected chi connectivity index (χ4v) is 2.30. The second-order valence-electron chi connectivity index (χ2n) is 3.98. The van der Waals surface area contributed by atoms with Crippen LogP contribution in [0, 0.1) is 0 Å². The molecule has 2 N–H and O–H groups in total. The van der Waals surface area contributed by atoms with Crippen molar-refractivity contribution in [2.24, 2.45) is 7.05 Å². The standard InChI is InChI=1S/C10H15BrN4O/c1-15-10(16)9(11)8(6-14-15)13-5-7-3-2-4-12-7/h6-7,12-13H,2-5H2,1H3. The van der Waals surface area contributed by atoms with Crippen molar-refractivity contribution in [2.75, 3.05) is 18.4 Å². The van der Waals surface area contributed by atoms with Gasteiger partial charge in [-0.05, 0) is 35.3 Å². The largest absolute Gasteiger partial charge is 0.381 e. The minimum absolute atomic E-state index is 0.121.